The number of piperazine rings is 1. The molecule has 1 fully saturated rings. The molecule has 0 aromatic carbocycles. The molecule has 78 valence electrons. The average molecular weight is 187 g/mol. The molecule has 0 unspecified atom stereocenters. The molecule has 0 aliphatic carbocycles. The molecular formula is C9H23N4+. The van der Waals surface area contributed by atoms with E-state index in [0.29, 0.717) is 0 Å². The van der Waals surface area contributed by atoms with Crippen LogP contribution in [-0.2, 0) is 0 Å². The Morgan fingerprint density at radius 2 is 1.38 bits per heavy atom. The first-order valence-corrected chi connectivity index (χ1v) is 4.72. The van der Waals surface area contributed by atoms with Gasteiger partial charge in [-0.15, -0.1) is 0 Å². The summed E-state index contributed by atoms with van der Waals surface area (Å²) in [6.45, 7) is 4.56. The largest absolute Gasteiger partial charge is 0.314 e. The normalized spacial score (nSPS) is 15.4. The minimum atomic E-state index is 1.14. The van der Waals surface area contributed by atoms with Crippen LogP contribution in [0.2, 0.25) is 0 Å². The Morgan fingerprint density at radius 3 is 1.46 bits per heavy atom. The molecule has 1 aliphatic heterocycles. The summed E-state index contributed by atoms with van der Waals surface area (Å²) in [4.78, 5) is 2.00. The lowest BCUT2D eigenvalue weighted by Crippen LogP contribution is -2.39. The van der Waals surface area contributed by atoms with Gasteiger partial charge in [0.1, 0.15) is 0 Å². The molecule has 0 radical (unpaired) electrons. The second-order valence-corrected chi connectivity index (χ2v) is 3.54. The van der Waals surface area contributed by atoms with E-state index in [4.69, 9.17) is 0 Å². The van der Waals surface area contributed by atoms with Gasteiger partial charge in [-0.25, -0.2) is 0 Å². The van der Waals surface area contributed by atoms with Crippen LogP contribution in [0.25, 0.3) is 0 Å². The highest BCUT2D eigenvalue weighted by Crippen LogP contribution is 1.65. The monoisotopic (exact) mass is 187 g/mol. The van der Waals surface area contributed by atoms with E-state index >= 15 is 0 Å². The molecule has 0 saturated carbocycles. The summed E-state index contributed by atoms with van der Waals surface area (Å²) in [5.41, 5.74) is 0. The zero-order chi connectivity index (χ0) is 10.1. The van der Waals surface area contributed by atoms with Crippen molar-refractivity contribution in [2.45, 2.75) is 0 Å². The standard InChI is InChI=1S/C5H13N2.C4H10N2/c1-6(2)5-7(3)4;1-2-6-4-3-5-1/h5H,1-4H3;5-6H,1-4H2/q+1;. The van der Waals surface area contributed by atoms with Gasteiger partial charge >= 0.3 is 0 Å². The van der Waals surface area contributed by atoms with Crippen molar-refractivity contribution < 1.29 is 4.58 Å². The van der Waals surface area contributed by atoms with Crippen molar-refractivity contribution in [2.75, 3.05) is 54.4 Å². The van der Waals surface area contributed by atoms with Gasteiger partial charge < -0.3 is 10.6 Å². The number of rotatable bonds is 1. The van der Waals surface area contributed by atoms with Crippen LogP contribution in [0.3, 0.4) is 0 Å². The van der Waals surface area contributed by atoms with Gasteiger partial charge in [0.15, 0.2) is 0 Å². The summed E-state index contributed by atoms with van der Waals surface area (Å²) in [5, 5.41) is 6.44. The Kier molecular flexibility index (Phi) is 7.63. The SMILES string of the molecule is C1CNCCN1.CN(C)C=[N+](C)C. The highest BCUT2D eigenvalue weighted by molar-refractivity contribution is 5.47. The highest BCUT2D eigenvalue weighted by atomic mass is 15.1. The summed E-state index contributed by atoms with van der Waals surface area (Å²) in [7, 11) is 8.00. The van der Waals surface area contributed by atoms with Gasteiger partial charge in [-0.05, 0) is 0 Å². The summed E-state index contributed by atoms with van der Waals surface area (Å²) >= 11 is 0. The minimum Gasteiger partial charge on any atom is -0.314 e. The molecule has 0 aromatic heterocycles. The molecule has 0 bridgehead atoms. The van der Waals surface area contributed by atoms with Crippen LogP contribution in [0.15, 0.2) is 0 Å². The number of hydrogen-bond acceptors (Lipinski definition) is 2. The molecule has 1 rings (SSSR count). The summed E-state index contributed by atoms with van der Waals surface area (Å²) in [5.74, 6) is 0. The Balaban J connectivity index is 0.000000223. The van der Waals surface area contributed by atoms with Crippen LogP contribution in [0.4, 0.5) is 0 Å². The maximum Gasteiger partial charge on any atom is 0.233 e. The van der Waals surface area contributed by atoms with Crippen molar-refractivity contribution in [3.05, 3.63) is 0 Å². The first-order chi connectivity index (χ1) is 6.13. The maximum absolute atomic E-state index is 3.22. The molecule has 2 N–H and O–H groups in total. The van der Waals surface area contributed by atoms with E-state index in [0.717, 1.165) is 26.2 Å². The Bertz CT molecular complexity index is 123. The van der Waals surface area contributed by atoms with E-state index < -0.39 is 0 Å². The highest BCUT2D eigenvalue weighted by Gasteiger charge is 1.91. The summed E-state index contributed by atoms with van der Waals surface area (Å²) in [6.07, 6.45) is 2.00. The molecule has 0 amide bonds. The smallest absolute Gasteiger partial charge is 0.233 e. The third-order valence-electron chi connectivity index (χ3n) is 1.42. The van der Waals surface area contributed by atoms with Gasteiger partial charge in [-0.3, -0.25) is 9.48 Å². The second-order valence-electron chi connectivity index (χ2n) is 3.54. The summed E-state index contributed by atoms with van der Waals surface area (Å²) < 4.78 is 2.00. The third kappa shape index (κ3) is 11.4. The van der Waals surface area contributed by atoms with Crippen LogP contribution in [-0.4, -0.2) is 70.2 Å². The van der Waals surface area contributed by atoms with Crippen LogP contribution in [0.1, 0.15) is 0 Å². The fraction of sp³-hybridized carbons (Fsp3) is 0.889. The molecular weight excluding hydrogens is 164 g/mol. The Hall–Kier alpha value is -0.610. The van der Waals surface area contributed by atoms with Crippen molar-refractivity contribution in [1.29, 1.82) is 0 Å². The molecule has 1 aliphatic rings. The zero-order valence-corrected chi connectivity index (χ0v) is 9.30. The maximum atomic E-state index is 3.22. The predicted octanol–water partition coefficient (Wildman–Crippen LogP) is -0.972. The van der Waals surface area contributed by atoms with Crippen LogP contribution >= 0.6 is 0 Å². The molecule has 1 saturated heterocycles. The first-order valence-electron chi connectivity index (χ1n) is 4.72. The van der Waals surface area contributed by atoms with Crippen LogP contribution < -0.4 is 10.6 Å². The lowest BCUT2D eigenvalue weighted by Gasteiger charge is -2.11. The molecule has 13 heavy (non-hydrogen) atoms. The second kappa shape index (κ2) is 8.01. The number of nitrogens with zero attached hydrogens (tertiary/aromatic N) is 2. The molecule has 4 heteroatoms. The van der Waals surface area contributed by atoms with Gasteiger partial charge in [0.05, 0.1) is 28.2 Å². The molecule has 0 aromatic rings. The average Bonchev–Trinajstić information content (AvgIpc) is 2.06. The number of hydrogen-bond donors (Lipinski definition) is 2. The third-order valence-corrected chi connectivity index (χ3v) is 1.42. The van der Waals surface area contributed by atoms with Gasteiger partial charge in [-0.1, -0.05) is 0 Å². The molecule has 0 spiro atoms. The van der Waals surface area contributed by atoms with Crippen molar-refractivity contribution in [2.24, 2.45) is 0 Å². The Morgan fingerprint density at radius 1 is 1.00 bits per heavy atom. The van der Waals surface area contributed by atoms with Crippen molar-refractivity contribution in [3.8, 4) is 0 Å². The fourth-order valence-corrected chi connectivity index (χ4v) is 1.07. The number of nitrogens with one attached hydrogen (secondary N) is 2. The van der Waals surface area contributed by atoms with E-state index in [-0.39, 0.29) is 0 Å². The first kappa shape index (κ1) is 12.4. The minimum absolute atomic E-state index is 1.14. The molecule has 4 nitrogen and oxygen atoms in total. The zero-order valence-electron chi connectivity index (χ0n) is 9.30. The van der Waals surface area contributed by atoms with E-state index in [1.54, 1.807) is 0 Å². The van der Waals surface area contributed by atoms with E-state index in [1.165, 1.54) is 0 Å². The lowest BCUT2D eigenvalue weighted by atomic mass is 10.4. The van der Waals surface area contributed by atoms with Gasteiger partial charge in [0.2, 0.25) is 6.34 Å². The van der Waals surface area contributed by atoms with Gasteiger partial charge in [0.25, 0.3) is 0 Å². The van der Waals surface area contributed by atoms with Crippen molar-refractivity contribution in [3.63, 3.8) is 0 Å². The molecule has 0 atom stereocenters. The van der Waals surface area contributed by atoms with Gasteiger partial charge in [0, 0.05) is 26.2 Å². The topological polar surface area (TPSA) is 30.3 Å². The van der Waals surface area contributed by atoms with Crippen molar-refractivity contribution in [1.82, 2.24) is 15.5 Å². The van der Waals surface area contributed by atoms with Crippen molar-refractivity contribution >= 4 is 6.34 Å². The van der Waals surface area contributed by atoms with Crippen LogP contribution in [0, 0.1) is 0 Å². The quantitative estimate of drug-likeness (QED) is 0.314. The lowest BCUT2D eigenvalue weighted by molar-refractivity contribution is -0.464. The fourth-order valence-electron chi connectivity index (χ4n) is 1.07. The molecule has 1 heterocycles. The summed E-state index contributed by atoms with van der Waals surface area (Å²) in [6, 6.07) is 0. The van der Waals surface area contributed by atoms with E-state index in [9.17, 15) is 0 Å². The van der Waals surface area contributed by atoms with Gasteiger partial charge in [-0.2, -0.15) is 0 Å². The predicted molar refractivity (Wildman–Crippen MR) is 57.6 cm³/mol. The van der Waals surface area contributed by atoms with E-state index in [1.807, 2.05) is 44.0 Å². The van der Waals surface area contributed by atoms with E-state index in [2.05, 4.69) is 10.6 Å². The Labute approximate surface area is 81.6 Å². The van der Waals surface area contributed by atoms with Crippen LogP contribution in [0.5, 0.6) is 0 Å².